The average Bonchev–Trinajstić information content (AvgIpc) is 2.60. The molecule has 0 radical (unpaired) electrons. The highest BCUT2D eigenvalue weighted by Crippen LogP contribution is 2.44. The third-order valence-corrected chi connectivity index (χ3v) is 3.93. The molecule has 0 spiro atoms. The van der Waals surface area contributed by atoms with Crippen molar-refractivity contribution in [1.82, 2.24) is 0 Å². The van der Waals surface area contributed by atoms with Gasteiger partial charge in [0.15, 0.2) is 5.69 Å². The standard InChI is InChI=1S/C16H12F3N5O4/c1-8-2-3-11-12(4-8)20-7-14(21-11)22-15-10(16(17,18)19)5-9(23(25)26)6-13(15)24(27)28/h2-6,20H,7H2,1H3,(H,21,22). The van der Waals surface area contributed by atoms with Crippen LogP contribution in [0.15, 0.2) is 35.3 Å². The van der Waals surface area contributed by atoms with E-state index in [-0.39, 0.29) is 18.4 Å². The first kappa shape index (κ1) is 19.1. The van der Waals surface area contributed by atoms with Gasteiger partial charge in [-0.3, -0.25) is 20.2 Å². The molecule has 0 aromatic heterocycles. The molecule has 0 saturated carbocycles. The van der Waals surface area contributed by atoms with Crippen LogP contribution in [-0.2, 0) is 6.18 Å². The normalized spacial score (nSPS) is 14.8. The fourth-order valence-corrected chi connectivity index (χ4v) is 2.68. The molecule has 0 bridgehead atoms. The molecule has 0 saturated heterocycles. The minimum absolute atomic E-state index is 0.00111. The molecule has 28 heavy (non-hydrogen) atoms. The number of non-ortho nitro benzene ring substituents is 1. The number of amidine groups is 1. The van der Waals surface area contributed by atoms with Crippen LogP contribution in [0.3, 0.4) is 0 Å². The van der Waals surface area contributed by atoms with Crippen molar-refractivity contribution in [3.63, 3.8) is 0 Å². The molecule has 1 aliphatic heterocycles. The van der Waals surface area contributed by atoms with E-state index < -0.39 is 38.6 Å². The molecule has 3 rings (SSSR count). The van der Waals surface area contributed by atoms with E-state index in [0.29, 0.717) is 17.4 Å². The highest BCUT2D eigenvalue weighted by atomic mass is 19.4. The second-order valence-electron chi connectivity index (χ2n) is 5.96. The molecule has 0 aliphatic carbocycles. The van der Waals surface area contributed by atoms with Gasteiger partial charge in [0.05, 0.1) is 39.4 Å². The number of anilines is 2. The summed E-state index contributed by atoms with van der Waals surface area (Å²) < 4.78 is 40.3. The Morgan fingerprint density at radius 1 is 1.07 bits per heavy atom. The topological polar surface area (TPSA) is 123 Å². The number of nitro benzene ring substituents is 2. The van der Waals surface area contributed by atoms with E-state index in [9.17, 15) is 33.4 Å². The smallest absolute Gasteiger partial charge is 0.376 e. The predicted molar refractivity (Wildman–Crippen MR) is 95.1 cm³/mol. The van der Waals surface area contributed by atoms with Gasteiger partial charge < -0.3 is 10.6 Å². The van der Waals surface area contributed by atoms with Crippen molar-refractivity contribution in [1.29, 1.82) is 0 Å². The lowest BCUT2D eigenvalue weighted by molar-refractivity contribution is -0.394. The summed E-state index contributed by atoms with van der Waals surface area (Å²) >= 11 is 0. The fourth-order valence-electron chi connectivity index (χ4n) is 2.68. The maximum absolute atomic E-state index is 13.4. The van der Waals surface area contributed by atoms with Gasteiger partial charge in [0.2, 0.25) is 0 Å². The molecule has 0 amide bonds. The van der Waals surface area contributed by atoms with Crippen molar-refractivity contribution >= 4 is 34.3 Å². The van der Waals surface area contributed by atoms with Crippen LogP contribution < -0.4 is 10.6 Å². The van der Waals surface area contributed by atoms with Crippen LogP contribution in [0.1, 0.15) is 11.1 Å². The highest BCUT2D eigenvalue weighted by molar-refractivity contribution is 6.05. The Kier molecular flexibility index (Phi) is 4.63. The van der Waals surface area contributed by atoms with Gasteiger partial charge in [-0.2, -0.15) is 13.2 Å². The quantitative estimate of drug-likeness (QED) is 0.587. The van der Waals surface area contributed by atoms with E-state index in [1.165, 1.54) is 0 Å². The summed E-state index contributed by atoms with van der Waals surface area (Å²) in [6, 6.07) is 5.96. The van der Waals surface area contributed by atoms with Crippen LogP contribution in [0.5, 0.6) is 0 Å². The van der Waals surface area contributed by atoms with Crippen molar-refractivity contribution in [2.24, 2.45) is 4.99 Å². The summed E-state index contributed by atoms with van der Waals surface area (Å²) in [6.07, 6.45) is -5.08. The zero-order valence-electron chi connectivity index (χ0n) is 14.2. The van der Waals surface area contributed by atoms with E-state index in [1.807, 2.05) is 13.0 Å². The molecular formula is C16H12F3N5O4. The molecule has 2 aromatic rings. The molecule has 9 nitrogen and oxygen atoms in total. The SMILES string of the molecule is Cc1ccc2c(c1)NCC(=Nc1c([N+](=O)[O-])cc([N+](=O)[O-])cc1C(F)(F)F)N2. The summed E-state index contributed by atoms with van der Waals surface area (Å²) in [7, 11) is 0. The summed E-state index contributed by atoms with van der Waals surface area (Å²) in [4.78, 5) is 23.7. The predicted octanol–water partition coefficient (Wildman–Crippen LogP) is 4.40. The zero-order valence-corrected chi connectivity index (χ0v) is 14.2. The van der Waals surface area contributed by atoms with Crippen LogP contribution in [-0.4, -0.2) is 22.2 Å². The number of nitro groups is 2. The number of aryl methyl sites for hydroxylation is 1. The van der Waals surface area contributed by atoms with Crippen molar-refractivity contribution in [3.05, 3.63) is 61.7 Å². The zero-order chi connectivity index (χ0) is 20.6. The fraction of sp³-hybridized carbons (Fsp3) is 0.188. The number of alkyl halides is 3. The van der Waals surface area contributed by atoms with Gasteiger partial charge in [-0.05, 0) is 24.6 Å². The molecule has 1 aliphatic rings. The van der Waals surface area contributed by atoms with E-state index in [4.69, 9.17) is 0 Å². The highest BCUT2D eigenvalue weighted by Gasteiger charge is 2.40. The molecular weight excluding hydrogens is 383 g/mol. The van der Waals surface area contributed by atoms with Crippen LogP contribution >= 0.6 is 0 Å². The first-order chi connectivity index (χ1) is 13.1. The Morgan fingerprint density at radius 2 is 1.79 bits per heavy atom. The Labute approximate surface area is 155 Å². The first-order valence-electron chi connectivity index (χ1n) is 7.79. The van der Waals surface area contributed by atoms with Gasteiger partial charge in [0.1, 0.15) is 5.84 Å². The minimum atomic E-state index is -5.08. The molecule has 146 valence electrons. The minimum Gasteiger partial charge on any atom is -0.376 e. The molecule has 12 heteroatoms. The number of fused-ring (bicyclic) bond motifs is 1. The Bertz CT molecular complexity index is 1020. The van der Waals surface area contributed by atoms with Gasteiger partial charge in [-0.1, -0.05) is 6.07 Å². The average molecular weight is 395 g/mol. The Morgan fingerprint density at radius 3 is 2.39 bits per heavy atom. The number of aliphatic imine (C=N–C) groups is 1. The van der Waals surface area contributed by atoms with Crippen LogP contribution in [0.2, 0.25) is 0 Å². The van der Waals surface area contributed by atoms with Crippen LogP contribution in [0.25, 0.3) is 0 Å². The summed E-state index contributed by atoms with van der Waals surface area (Å²) in [5.41, 5.74) is -2.51. The summed E-state index contributed by atoms with van der Waals surface area (Å²) in [5.74, 6) is -0.00111. The third kappa shape index (κ3) is 3.70. The maximum Gasteiger partial charge on any atom is 0.418 e. The van der Waals surface area contributed by atoms with E-state index in [2.05, 4.69) is 15.6 Å². The van der Waals surface area contributed by atoms with Crippen molar-refractivity contribution in [3.8, 4) is 0 Å². The largest absolute Gasteiger partial charge is 0.418 e. The number of hydrogen-bond donors (Lipinski definition) is 2. The van der Waals surface area contributed by atoms with E-state index in [0.717, 1.165) is 5.56 Å². The van der Waals surface area contributed by atoms with Gasteiger partial charge >= 0.3 is 11.9 Å². The van der Waals surface area contributed by atoms with Crippen molar-refractivity contribution in [2.75, 3.05) is 17.2 Å². The van der Waals surface area contributed by atoms with E-state index >= 15 is 0 Å². The van der Waals surface area contributed by atoms with Crippen LogP contribution in [0.4, 0.5) is 41.6 Å². The molecule has 1 heterocycles. The lowest BCUT2D eigenvalue weighted by atomic mass is 10.1. The monoisotopic (exact) mass is 395 g/mol. The Balaban J connectivity index is 2.15. The van der Waals surface area contributed by atoms with Gasteiger partial charge in [0.25, 0.3) is 5.69 Å². The van der Waals surface area contributed by atoms with Crippen molar-refractivity contribution in [2.45, 2.75) is 13.1 Å². The number of nitrogens with zero attached hydrogens (tertiary/aromatic N) is 3. The number of hydrogen-bond acceptors (Lipinski definition) is 6. The molecule has 0 unspecified atom stereocenters. The summed E-state index contributed by atoms with van der Waals surface area (Å²) in [5, 5.41) is 27.9. The molecule has 2 N–H and O–H groups in total. The van der Waals surface area contributed by atoms with E-state index in [1.54, 1.807) is 12.1 Å². The summed E-state index contributed by atoms with van der Waals surface area (Å²) in [6.45, 7) is 1.85. The van der Waals surface area contributed by atoms with Crippen molar-refractivity contribution < 1.29 is 23.0 Å². The lowest BCUT2D eigenvalue weighted by Gasteiger charge is -2.22. The second-order valence-corrected chi connectivity index (χ2v) is 5.96. The second kappa shape index (κ2) is 6.79. The number of benzene rings is 2. The third-order valence-electron chi connectivity index (χ3n) is 3.93. The molecule has 0 atom stereocenters. The van der Waals surface area contributed by atoms with Crippen LogP contribution in [0, 0.1) is 27.2 Å². The molecule has 0 fully saturated rings. The van der Waals surface area contributed by atoms with Gasteiger partial charge in [-0.15, -0.1) is 0 Å². The van der Waals surface area contributed by atoms with Gasteiger partial charge in [0, 0.05) is 6.07 Å². The number of nitrogens with one attached hydrogen (secondary N) is 2. The van der Waals surface area contributed by atoms with Gasteiger partial charge in [-0.25, -0.2) is 4.99 Å². The number of halogens is 3. The first-order valence-corrected chi connectivity index (χ1v) is 7.79. The maximum atomic E-state index is 13.4. The molecule has 2 aromatic carbocycles. The number of rotatable bonds is 3. The lowest BCUT2D eigenvalue weighted by Crippen LogP contribution is -2.28. The Hall–Kier alpha value is -3.70.